The van der Waals surface area contributed by atoms with Gasteiger partial charge in [0.2, 0.25) is 0 Å². The number of hydrogen-bond donors (Lipinski definition) is 1. The molecular formula is C15H25NO. The van der Waals surface area contributed by atoms with Crippen LogP contribution in [0.25, 0.3) is 0 Å². The standard InChI is InChI=1S/C15H25NO/c1-5-7-17-8-6-15(16-4)14-10-12(2)9-13(3)11-14/h9-11,15-16H,5-8H2,1-4H3. The van der Waals surface area contributed by atoms with Crippen LogP contribution < -0.4 is 5.32 Å². The molecule has 0 aliphatic carbocycles. The lowest BCUT2D eigenvalue weighted by atomic mass is 9.99. The summed E-state index contributed by atoms with van der Waals surface area (Å²) in [5.74, 6) is 0. The minimum atomic E-state index is 0.394. The van der Waals surface area contributed by atoms with Crippen molar-refractivity contribution in [1.82, 2.24) is 5.32 Å². The molecule has 0 saturated heterocycles. The highest BCUT2D eigenvalue weighted by molar-refractivity contribution is 5.30. The first-order chi connectivity index (χ1) is 8.17. The number of nitrogens with one attached hydrogen (secondary N) is 1. The van der Waals surface area contributed by atoms with Crippen LogP contribution in [0.15, 0.2) is 18.2 Å². The summed E-state index contributed by atoms with van der Waals surface area (Å²) >= 11 is 0. The average molecular weight is 235 g/mol. The molecular weight excluding hydrogens is 210 g/mol. The summed E-state index contributed by atoms with van der Waals surface area (Å²) in [7, 11) is 2.02. The molecule has 2 heteroatoms. The Balaban J connectivity index is 2.59. The molecule has 0 aromatic heterocycles. The number of aryl methyl sites for hydroxylation is 2. The first-order valence-corrected chi connectivity index (χ1v) is 6.50. The van der Waals surface area contributed by atoms with E-state index in [9.17, 15) is 0 Å². The van der Waals surface area contributed by atoms with Crippen molar-refractivity contribution in [1.29, 1.82) is 0 Å². The number of ether oxygens (including phenoxy) is 1. The Hall–Kier alpha value is -0.860. The summed E-state index contributed by atoms with van der Waals surface area (Å²) in [6, 6.07) is 7.12. The van der Waals surface area contributed by atoms with Crippen LogP contribution in [0.5, 0.6) is 0 Å². The van der Waals surface area contributed by atoms with E-state index in [1.807, 2.05) is 7.05 Å². The van der Waals surface area contributed by atoms with Crippen LogP contribution in [-0.4, -0.2) is 20.3 Å². The normalized spacial score (nSPS) is 12.7. The monoisotopic (exact) mass is 235 g/mol. The fourth-order valence-corrected chi connectivity index (χ4v) is 2.14. The predicted octanol–water partition coefficient (Wildman–Crippen LogP) is 3.38. The molecule has 0 aliphatic rings. The number of hydrogen-bond acceptors (Lipinski definition) is 2. The van der Waals surface area contributed by atoms with E-state index in [0.29, 0.717) is 6.04 Å². The van der Waals surface area contributed by atoms with Gasteiger partial charge in [-0.15, -0.1) is 0 Å². The zero-order chi connectivity index (χ0) is 12.7. The summed E-state index contributed by atoms with van der Waals surface area (Å²) in [6.07, 6.45) is 2.12. The van der Waals surface area contributed by atoms with Gasteiger partial charge in [-0.2, -0.15) is 0 Å². The molecule has 1 unspecified atom stereocenters. The van der Waals surface area contributed by atoms with Crippen molar-refractivity contribution in [2.45, 2.75) is 39.7 Å². The van der Waals surface area contributed by atoms with Gasteiger partial charge in [0.1, 0.15) is 0 Å². The molecule has 0 radical (unpaired) electrons. The Bertz CT molecular complexity index is 315. The summed E-state index contributed by atoms with van der Waals surface area (Å²) < 4.78 is 5.56. The maximum Gasteiger partial charge on any atom is 0.0484 e. The van der Waals surface area contributed by atoms with E-state index in [-0.39, 0.29) is 0 Å². The van der Waals surface area contributed by atoms with Gasteiger partial charge in [-0.05, 0) is 39.3 Å². The van der Waals surface area contributed by atoms with Crippen molar-refractivity contribution in [2.24, 2.45) is 0 Å². The summed E-state index contributed by atoms with van der Waals surface area (Å²) in [6.45, 7) is 8.13. The minimum absolute atomic E-state index is 0.394. The van der Waals surface area contributed by atoms with Crippen molar-refractivity contribution in [2.75, 3.05) is 20.3 Å². The number of benzene rings is 1. The second-order valence-electron chi connectivity index (χ2n) is 4.66. The van der Waals surface area contributed by atoms with Gasteiger partial charge in [-0.3, -0.25) is 0 Å². The molecule has 0 saturated carbocycles. The van der Waals surface area contributed by atoms with Crippen LogP contribution in [0, 0.1) is 13.8 Å². The molecule has 0 aliphatic heterocycles. The first-order valence-electron chi connectivity index (χ1n) is 6.50. The number of rotatable bonds is 7. The van der Waals surface area contributed by atoms with Crippen molar-refractivity contribution < 1.29 is 4.74 Å². The summed E-state index contributed by atoms with van der Waals surface area (Å²) in [4.78, 5) is 0. The Morgan fingerprint density at radius 2 is 1.76 bits per heavy atom. The quantitative estimate of drug-likeness (QED) is 0.732. The fraction of sp³-hybridized carbons (Fsp3) is 0.600. The van der Waals surface area contributed by atoms with E-state index < -0.39 is 0 Å². The van der Waals surface area contributed by atoms with Gasteiger partial charge in [0.15, 0.2) is 0 Å². The highest BCUT2D eigenvalue weighted by atomic mass is 16.5. The van der Waals surface area contributed by atoms with Crippen molar-refractivity contribution >= 4 is 0 Å². The van der Waals surface area contributed by atoms with Crippen molar-refractivity contribution in [3.8, 4) is 0 Å². The zero-order valence-corrected chi connectivity index (χ0v) is 11.5. The maximum absolute atomic E-state index is 5.56. The summed E-state index contributed by atoms with van der Waals surface area (Å²) in [5.41, 5.74) is 4.02. The van der Waals surface area contributed by atoms with Gasteiger partial charge < -0.3 is 10.1 Å². The molecule has 0 heterocycles. The van der Waals surface area contributed by atoms with Gasteiger partial charge in [-0.1, -0.05) is 36.2 Å². The van der Waals surface area contributed by atoms with Crippen molar-refractivity contribution in [3.63, 3.8) is 0 Å². The summed E-state index contributed by atoms with van der Waals surface area (Å²) in [5, 5.41) is 3.37. The minimum Gasteiger partial charge on any atom is -0.381 e. The molecule has 0 spiro atoms. The van der Waals surface area contributed by atoms with Gasteiger partial charge >= 0.3 is 0 Å². The smallest absolute Gasteiger partial charge is 0.0484 e. The molecule has 0 bridgehead atoms. The Kier molecular flexibility index (Phi) is 6.23. The molecule has 1 atom stereocenters. The van der Waals surface area contributed by atoms with Crippen LogP contribution in [-0.2, 0) is 4.74 Å². The van der Waals surface area contributed by atoms with Gasteiger partial charge in [0.25, 0.3) is 0 Å². The maximum atomic E-state index is 5.56. The van der Waals surface area contributed by atoms with E-state index in [2.05, 4.69) is 44.3 Å². The Morgan fingerprint density at radius 3 is 2.29 bits per heavy atom. The Morgan fingerprint density at radius 1 is 1.12 bits per heavy atom. The fourth-order valence-electron chi connectivity index (χ4n) is 2.14. The SMILES string of the molecule is CCCOCCC(NC)c1cc(C)cc(C)c1. The predicted molar refractivity (Wildman–Crippen MR) is 73.4 cm³/mol. The third kappa shape index (κ3) is 4.88. The van der Waals surface area contributed by atoms with E-state index in [1.54, 1.807) is 0 Å². The van der Waals surface area contributed by atoms with Crippen LogP contribution in [0.3, 0.4) is 0 Å². The zero-order valence-electron chi connectivity index (χ0n) is 11.5. The lowest BCUT2D eigenvalue weighted by Gasteiger charge is -2.18. The van der Waals surface area contributed by atoms with Gasteiger partial charge in [-0.25, -0.2) is 0 Å². The Labute approximate surface area is 105 Å². The van der Waals surface area contributed by atoms with E-state index in [4.69, 9.17) is 4.74 Å². The second kappa shape index (κ2) is 7.46. The largest absolute Gasteiger partial charge is 0.381 e. The molecule has 1 aromatic rings. The molecule has 17 heavy (non-hydrogen) atoms. The topological polar surface area (TPSA) is 21.3 Å². The van der Waals surface area contributed by atoms with E-state index in [1.165, 1.54) is 16.7 Å². The van der Waals surface area contributed by atoms with Crippen LogP contribution in [0.1, 0.15) is 42.5 Å². The van der Waals surface area contributed by atoms with Crippen LogP contribution in [0.4, 0.5) is 0 Å². The van der Waals surface area contributed by atoms with E-state index >= 15 is 0 Å². The highest BCUT2D eigenvalue weighted by Gasteiger charge is 2.09. The van der Waals surface area contributed by atoms with Crippen LogP contribution >= 0.6 is 0 Å². The van der Waals surface area contributed by atoms with Crippen molar-refractivity contribution in [3.05, 3.63) is 34.9 Å². The van der Waals surface area contributed by atoms with Gasteiger partial charge in [0.05, 0.1) is 0 Å². The molecule has 0 amide bonds. The third-order valence-electron chi connectivity index (χ3n) is 2.89. The average Bonchev–Trinajstić information content (AvgIpc) is 2.28. The molecule has 1 N–H and O–H groups in total. The second-order valence-corrected chi connectivity index (χ2v) is 4.66. The highest BCUT2D eigenvalue weighted by Crippen LogP contribution is 2.19. The third-order valence-corrected chi connectivity index (χ3v) is 2.89. The molecule has 2 nitrogen and oxygen atoms in total. The molecule has 0 fully saturated rings. The molecule has 1 rings (SSSR count). The van der Waals surface area contributed by atoms with E-state index in [0.717, 1.165) is 26.1 Å². The molecule has 96 valence electrons. The van der Waals surface area contributed by atoms with Crippen LogP contribution in [0.2, 0.25) is 0 Å². The molecule has 1 aromatic carbocycles. The lowest BCUT2D eigenvalue weighted by molar-refractivity contribution is 0.125. The van der Waals surface area contributed by atoms with Gasteiger partial charge in [0, 0.05) is 19.3 Å². The first kappa shape index (κ1) is 14.2. The lowest BCUT2D eigenvalue weighted by Crippen LogP contribution is -2.18.